The molecule has 3 aromatic rings. The van der Waals surface area contributed by atoms with Gasteiger partial charge in [0.2, 0.25) is 0 Å². The highest BCUT2D eigenvalue weighted by molar-refractivity contribution is 5.79. The van der Waals surface area contributed by atoms with Gasteiger partial charge in [0.1, 0.15) is 12.2 Å². The van der Waals surface area contributed by atoms with Gasteiger partial charge in [0.15, 0.2) is 5.96 Å². The van der Waals surface area contributed by atoms with Gasteiger partial charge in [0.05, 0.1) is 13.1 Å². The SMILES string of the molecule is CCNC(=NCc1ccc(Cn2ccccc2=O)cc1)NCCn1cnnc1CC. The number of aliphatic imine (C=N–C) groups is 1. The fourth-order valence-corrected chi connectivity index (χ4v) is 3.08. The van der Waals surface area contributed by atoms with Gasteiger partial charge in [0.25, 0.3) is 5.56 Å². The predicted molar refractivity (Wildman–Crippen MR) is 118 cm³/mol. The molecule has 2 aromatic heterocycles. The van der Waals surface area contributed by atoms with Gasteiger partial charge >= 0.3 is 0 Å². The highest BCUT2D eigenvalue weighted by Crippen LogP contribution is 2.07. The number of nitrogens with zero attached hydrogens (tertiary/aromatic N) is 5. The van der Waals surface area contributed by atoms with Crippen molar-refractivity contribution >= 4 is 5.96 Å². The van der Waals surface area contributed by atoms with Crippen molar-refractivity contribution in [1.82, 2.24) is 30.0 Å². The van der Waals surface area contributed by atoms with E-state index in [1.54, 1.807) is 29.2 Å². The molecule has 0 unspecified atom stereocenters. The number of hydrogen-bond donors (Lipinski definition) is 2. The van der Waals surface area contributed by atoms with E-state index < -0.39 is 0 Å². The van der Waals surface area contributed by atoms with Gasteiger partial charge in [0, 0.05) is 38.3 Å². The third kappa shape index (κ3) is 6.04. The number of benzene rings is 1. The van der Waals surface area contributed by atoms with E-state index in [1.807, 2.05) is 29.7 Å². The molecule has 3 rings (SSSR count). The molecule has 0 radical (unpaired) electrons. The quantitative estimate of drug-likeness (QED) is 0.417. The van der Waals surface area contributed by atoms with Gasteiger partial charge in [-0.25, -0.2) is 4.99 Å². The lowest BCUT2D eigenvalue weighted by Gasteiger charge is -2.12. The molecule has 0 bridgehead atoms. The second-order valence-electron chi connectivity index (χ2n) is 6.90. The Balaban J connectivity index is 1.55. The zero-order valence-electron chi connectivity index (χ0n) is 17.6. The van der Waals surface area contributed by atoms with Crippen LogP contribution >= 0.6 is 0 Å². The van der Waals surface area contributed by atoms with Gasteiger partial charge in [-0.3, -0.25) is 4.79 Å². The number of aryl methyl sites for hydroxylation is 1. The fourth-order valence-electron chi connectivity index (χ4n) is 3.08. The second kappa shape index (κ2) is 10.9. The van der Waals surface area contributed by atoms with E-state index in [0.29, 0.717) is 13.1 Å². The third-order valence-electron chi connectivity index (χ3n) is 4.70. The Morgan fingerprint density at radius 2 is 1.83 bits per heavy atom. The van der Waals surface area contributed by atoms with E-state index in [2.05, 4.69) is 44.9 Å². The summed E-state index contributed by atoms with van der Waals surface area (Å²) in [4.78, 5) is 16.5. The van der Waals surface area contributed by atoms with Crippen LogP contribution in [-0.4, -0.2) is 38.4 Å². The van der Waals surface area contributed by atoms with Crippen LogP contribution in [0.2, 0.25) is 0 Å². The van der Waals surface area contributed by atoms with Crippen LogP contribution in [0.5, 0.6) is 0 Å². The molecule has 0 saturated carbocycles. The largest absolute Gasteiger partial charge is 0.357 e. The summed E-state index contributed by atoms with van der Waals surface area (Å²) in [7, 11) is 0. The number of hydrogen-bond acceptors (Lipinski definition) is 4. The van der Waals surface area contributed by atoms with E-state index in [9.17, 15) is 4.79 Å². The smallest absolute Gasteiger partial charge is 0.250 e. The number of pyridine rings is 1. The number of guanidine groups is 1. The Kier molecular flexibility index (Phi) is 7.77. The maximum Gasteiger partial charge on any atom is 0.250 e. The summed E-state index contributed by atoms with van der Waals surface area (Å²) in [5, 5.41) is 14.7. The normalized spacial score (nSPS) is 11.5. The van der Waals surface area contributed by atoms with Crippen LogP contribution in [0.4, 0.5) is 0 Å². The highest BCUT2D eigenvalue weighted by atomic mass is 16.1. The Morgan fingerprint density at radius 1 is 1.03 bits per heavy atom. The van der Waals surface area contributed by atoms with Crippen LogP contribution in [0, 0.1) is 0 Å². The summed E-state index contributed by atoms with van der Waals surface area (Å²) in [6.45, 7) is 7.58. The zero-order chi connectivity index (χ0) is 21.2. The minimum atomic E-state index is 0.00469. The van der Waals surface area contributed by atoms with Crippen LogP contribution in [0.1, 0.15) is 30.8 Å². The van der Waals surface area contributed by atoms with Crippen LogP contribution in [0.15, 0.2) is 64.8 Å². The lowest BCUT2D eigenvalue weighted by atomic mass is 10.1. The number of aromatic nitrogens is 4. The molecule has 0 atom stereocenters. The summed E-state index contributed by atoms with van der Waals surface area (Å²) in [5.41, 5.74) is 2.20. The standard InChI is InChI=1S/C22H29N7O/c1-3-20-27-26-17-29(20)14-12-24-22(23-4-2)25-15-18-8-10-19(11-9-18)16-28-13-6-5-7-21(28)30/h5-11,13,17H,3-4,12,14-16H2,1-2H3,(H2,23,24,25). The molecule has 0 spiro atoms. The summed E-state index contributed by atoms with van der Waals surface area (Å²) >= 11 is 0. The first-order valence-corrected chi connectivity index (χ1v) is 10.3. The molecule has 30 heavy (non-hydrogen) atoms. The number of nitrogens with one attached hydrogen (secondary N) is 2. The lowest BCUT2D eigenvalue weighted by Crippen LogP contribution is -2.38. The van der Waals surface area contributed by atoms with Gasteiger partial charge in [-0.2, -0.15) is 0 Å². The van der Waals surface area contributed by atoms with Gasteiger partial charge in [-0.15, -0.1) is 10.2 Å². The topological polar surface area (TPSA) is 89.1 Å². The summed E-state index contributed by atoms with van der Waals surface area (Å²) in [6, 6.07) is 13.4. The van der Waals surface area contributed by atoms with Crippen LogP contribution in [-0.2, 0) is 26.1 Å². The summed E-state index contributed by atoms with van der Waals surface area (Å²) in [6.07, 6.45) is 4.43. The minimum absolute atomic E-state index is 0.00469. The molecule has 0 aliphatic heterocycles. The highest BCUT2D eigenvalue weighted by Gasteiger charge is 2.03. The molecule has 1 aromatic carbocycles. The van der Waals surface area contributed by atoms with Gasteiger partial charge in [-0.05, 0) is 24.1 Å². The first-order chi connectivity index (χ1) is 14.7. The van der Waals surface area contributed by atoms with Gasteiger partial charge < -0.3 is 19.8 Å². The summed E-state index contributed by atoms with van der Waals surface area (Å²) in [5.74, 6) is 1.76. The molecular weight excluding hydrogens is 378 g/mol. The average Bonchev–Trinajstić information content (AvgIpc) is 3.22. The fraction of sp³-hybridized carbons (Fsp3) is 0.364. The van der Waals surface area contributed by atoms with Crippen molar-refractivity contribution in [2.45, 2.75) is 39.9 Å². The zero-order valence-corrected chi connectivity index (χ0v) is 17.6. The first-order valence-electron chi connectivity index (χ1n) is 10.3. The maximum atomic E-state index is 11.8. The van der Waals surface area contributed by atoms with Crippen molar-refractivity contribution in [2.75, 3.05) is 13.1 Å². The average molecular weight is 408 g/mol. The van der Waals surface area contributed by atoms with E-state index in [1.165, 1.54) is 0 Å². The van der Waals surface area contributed by atoms with Crippen molar-refractivity contribution in [3.05, 3.63) is 82.3 Å². The van der Waals surface area contributed by atoms with Crippen molar-refractivity contribution in [2.24, 2.45) is 4.99 Å². The molecule has 0 fully saturated rings. The molecule has 0 amide bonds. The lowest BCUT2D eigenvalue weighted by molar-refractivity contribution is 0.632. The Hall–Kier alpha value is -3.42. The van der Waals surface area contributed by atoms with E-state index in [0.717, 1.165) is 49.0 Å². The van der Waals surface area contributed by atoms with E-state index in [-0.39, 0.29) is 5.56 Å². The van der Waals surface area contributed by atoms with E-state index >= 15 is 0 Å². The molecule has 8 heteroatoms. The second-order valence-corrected chi connectivity index (χ2v) is 6.90. The van der Waals surface area contributed by atoms with Crippen LogP contribution < -0.4 is 16.2 Å². The molecule has 0 saturated heterocycles. The minimum Gasteiger partial charge on any atom is -0.357 e. The maximum absolute atomic E-state index is 11.8. The molecular formula is C22H29N7O. The Labute approximate surface area is 176 Å². The van der Waals surface area contributed by atoms with Gasteiger partial charge in [-0.1, -0.05) is 37.3 Å². The third-order valence-corrected chi connectivity index (χ3v) is 4.70. The molecule has 8 nitrogen and oxygen atoms in total. The molecule has 0 aliphatic carbocycles. The van der Waals surface area contributed by atoms with Crippen molar-refractivity contribution in [1.29, 1.82) is 0 Å². The van der Waals surface area contributed by atoms with Crippen molar-refractivity contribution < 1.29 is 0 Å². The Morgan fingerprint density at radius 3 is 2.57 bits per heavy atom. The molecule has 158 valence electrons. The van der Waals surface area contributed by atoms with Crippen LogP contribution in [0.3, 0.4) is 0 Å². The van der Waals surface area contributed by atoms with Crippen LogP contribution in [0.25, 0.3) is 0 Å². The van der Waals surface area contributed by atoms with E-state index in [4.69, 9.17) is 0 Å². The molecule has 2 N–H and O–H groups in total. The molecule has 0 aliphatic rings. The first kappa shape index (κ1) is 21.3. The monoisotopic (exact) mass is 407 g/mol. The van der Waals surface area contributed by atoms with Crippen molar-refractivity contribution in [3.8, 4) is 0 Å². The predicted octanol–water partition coefficient (Wildman–Crippen LogP) is 1.81. The Bertz CT molecular complexity index is 1000. The number of rotatable bonds is 9. The summed E-state index contributed by atoms with van der Waals surface area (Å²) < 4.78 is 3.74. The van der Waals surface area contributed by atoms with Crippen molar-refractivity contribution in [3.63, 3.8) is 0 Å². The molecule has 2 heterocycles.